The number of benzene rings is 3. The normalized spacial score (nSPS) is 14.7. The van der Waals surface area contributed by atoms with E-state index in [0.29, 0.717) is 23.9 Å². The van der Waals surface area contributed by atoms with Crippen LogP contribution in [0.3, 0.4) is 0 Å². The molecule has 0 aliphatic carbocycles. The van der Waals surface area contributed by atoms with E-state index in [0.717, 1.165) is 11.3 Å². The van der Waals surface area contributed by atoms with E-state index in [4.69, 9.17) is 23.7 Å². The Morgan fingerprint density at radius 1 is 0.811 bits per heavy atom. The average molecular weight is 501 g/mol. The number of ether oxygens (including phenoxy) is 5. The third-order valence-electron chi connectivity index (χ3n) is 5.42. The predicted molar refractivity (Wildman–Crippen MR) is 137 cm³/mol. The second-order valence-electron chi connectivity index (χ2n) is 8.58. The van der Waals surface area contributed by atoms with E-state index in [1.165, 1.54) is 0 Å². The molecule has 1 fully saturated rings. The Labute approximate surface area is 215 Å². The number of epoxide rings is 1. The van der Waals surface area contributed by atoms with Gasteiger partial charge in [-0.2, -0.15) is 0 Å². The van der Waals surface area contributed by atoms with Crippen LogP contribution in [0.4, 0.5) is 0 Å². The van der Waals surface area contributed by atoms with E-state index in [1.54, 1.807) is 26.0 Å². The summed E-state index contributed by atoms with van der Waals surface area (Å²) in [6, 6.07) is 24.1. The van der Waals surface area contributed by atoms with Crippen LogP contribution >= 0.6 is 0 Å². The molecule has 0 aromatic heterocycles. The largest absolute Gasteiger partial charge is 0.459 e. The molecule has 3 aromatic rings. The van der Waals surface area contributed by atoms with Crippen molar-refractivity contribution < 1.29 is 33.3 Å². The third-order valence-corrected chi connectivity index (χ3v) is 5.42. The van der Waals surface area contributed by atoms with Crippen LogP contribution in [-0.4, -0.2) is 31.3 Å². The maximum atomic E-state index is 12.5. The first-order chi connectivity index (χ1) is 17.9. The maximum Gasteiger partial charge on any atom is 0.338 e. The molecule has 0 saturated carbocycles. The fraction of sp³-hybridized carbons (Fsp3) is 0.200. The highest BCUT2D eigenvalue weighted by atomic mass is 16.6. The van der Waals surface area contributed by atoms with E-state index < -0.39 is 11.9 Å². The molecule has 0 spiro atoms. The third kappa shape index (κ3) is 7.81. The molecule has 0 amide bonds. The second-order valence-corrected chi connectivity index (χ2v) is 8.58. The monoisotopic (exact) mass is 500 g/mol. The van der Waals surface area contributed by atoms with Gasteiger partial charge in [-0.25, -0.2) is 9.59 Å². The molecule has 7 heteroatoms. The van der Waals surface area contributed by atoms with Crippen LogP contribution in [0.5, 0.6) is 23.0 Å². The number of allylic oxidation sites excluding steroid dienone is 1. The van der Waals surface area contributed by atoms with Crippen molar-refractivity contribution in [1.29, 1.82) is 0 Å². The number of para-hydroxylation sites is 1. The summed E-state index contributed by atoms with van der Waals surface area (Å²) in [5, 5.41) is 0. The van der Waals surface area contributed by atoms with Crippen molar-refractivity contribution >= 4 is 11.9 Å². The smallest absolute Gasteiger partial charge is 0.338 e. The molecule has 4 rings (SSSR count). The fourth-order valence-corrected chi connectivity index (χ4v) is 3.20. The summed E-state index contributed by atoms with van der Waals surface area (Å²) in [5.74, 6) is 1.79. The number of carbonyl (C=O) groups excluding carboxylic acids is 2. The van der Waals surface area contributed by atoms with Crippen molar-refractivity contribution in [2.24, 2.45) is 0 Å². The predicted octanol–water partition coefficient (Wildman–Crippen LogP) is 6.15. The zero-order valence-electron chi connectivity index (χ0n) is 20.8. The molecule has 1 unspecified atom stereocenters. The number of hydrogen-bond acceptors (Lipinski definition) is 7. The van der Waals surface area contributed by atoms with Gasteiger partial charge in [-0.15, -0.1) is 0 Å². The Bertz CT molecular complexity index is 1270. The molecule has 1 atom stereocenters. The highest BCUT2D eigenvalue weighted by molar-refractivity contribution is 5.91. The van der Waals surface area contributed by atoms with Crippen LogP contribution in [0.2, 0.25) is 0 Å². The molecule has 7 nitrogen and oxygen atoms in total. The lowest BCUT2D eigenvalue weighted by atomic mass is 10.1. The molecule has 0 N–H and O–H groups in total. The van der Waals surface area contributed by atoms with Gasteiger partial charge in [0.15, 0.2) is 0 Å². The Hall–Kier alpha value is -4.36. The fourth-order valence-electron chi connectivity index (χ4n) is 3.20. The SMILES string of the molecule is C=C(C)C(=O)O/C(Cc1ccc(Oc2ccc(Oc3ccccc3)cc2)cc1)=C(/C)C(=O)OCC1CO1. The van der Waals surface area contributed by atoms with Crippen LogP contribution in [0.25, 0.3) is 0 Å². The van der Waals surface area contributed by atoms with Crippen molar-refractivity contribution in [3.05, 3.63) is 108 Å². The highest BCUT2D eigenvalue weighted by Gasteiger charge is 2.25. The minimum atomic E-state index is -0.604. The van der Waals surface area contributed by atoms with Gasteiger partial charge in [0.2, 0.25) is 0 Å². The molecular formula is C30H28O7. The van der Waals surface area contributed by atoms with E-state index in [1.807, 2.05) is 66.7 Å². The quantitative estimate of drug-likeness (QED) is 0.135. The maximum absolute atomic E-state index is 12.5. The zero-order chi connectivity index (χ0) is 26.2. The number of hydrogen-bond donors (Lipinski definition) is 0. The Morgan fingerprint density at radius 2 is 1.32 bits per heavy atom. The summed E-state index contributed by atoms with van der Waals surface area (Å²) in [4.78, 5) is 24.6. The standard InChI is InChI=1S/C30H28O7/c1-20(2)29(31)37-28(21(3)30(32)34-19-27-18-33-27)17-22-9-11-24(12-10-22)36-26-15-13-25(14-16-26)35-23-7-5-4-6-8-23/h4-16,27H,1,17-19H2,2-3H3/b28-21-. The average Bonchev–Trinajstić information content (AvgIpc) is 3.74. The van der Waals surface area contributed by atoms with Crippen LogP contribution < -0.4 is 9.47 Å². The lowest BCUT2D eigenvalue weighted by Gasteiger charge is -2.13. The lowest BCUT2D eigenvalue weighted by molar-refractivity contribution is -0.140. The molecule has 37 heavy (non-hydrogen) atoms. The summed E-state index contributed by atoms with van der Waals surface area (Å²) in [6.45, 7) is 7.47. The Morgan fingerprint density at radius 3 is 1.84 bits per heavy atom. The van der Waals surface area contributed by atoms with Gasteiger partial charge in [0.25, 0.3) is 0 Å². The van der Waals surface area contributed by atoms with Crippen molar-refractivity contribution in [2.45, 2.75) is 26.4 Å². The zero-order valence-corrected chi connectivity index (χ0v) is 20.8. The first-order valence-electron chi connectivity index (χ1n) is 11.8. The number of esters is 2. The van der Waals surface area contributed by atoms with Crippen LogP contribution in [0.1, 0.15) is 19.4 Å². The van der Waals surface area contributed by atoms with Gasteiger partial charge >= 0.3 is 11.9 Å². The molecular weight excluding hydrogens is 472 g/mol. The molecule has 1 aliphatic heterocycles. The van der Waals surface area contributed by atoms with Crippen molar-refractivity contribution in [1.82, 2.24) is 0 Å². The van der Waals surface area contributed by atoms with Crippen LogP contribution in [0, 0.1) is 0 Å². The first kappa shape index (κ1) is 25.7. The Kier molecular flexibility index (Phi) is 8.38. The topological polar surface area (TPSA) is 83.6 Å². The summed E-state index contributed by atoms with van der Waals surface area (Å²) in [7, 11) is 0. The first-order valence-corrected chi connectivity index (χ1v) is 11.8. The minimum Gasteiger partial charge on any atom is -0.459 e. The molecule has 0 radical (unpaired) electrons. The molecule has 0 bridgehead atoms. The summed E-state index contributed by atoms with van der Waals surface area (Å²) in [6.07, 6.45) is 0.157. The van der Waals surface area contributed by atoms with E-state index >= 15 is 0 Å². The summed E-state index contributed by atoms with van der Waals surface area (Å²) < 4.78 is 27.5. The van der Waals surface area contributed by atoms with E-state index in [2.05, 4.69) is 6.58 Å². The molecule has 190 valence electrons. The van der Waals surface area contributed by atoms with Gasteiger partial charge in [-0.3, -0.25) is 0 Å². The van der Waals surface area contributed by atoms with Crippen molar-refractivity contribution in [2.75, 3.05) is 13.2 Å². The second kappa shape index (κ2) is 12.1. The van der Waals surface area contributed by atoms with Gasteiger partial charge in [0, 0.05) is 12.0 Å². The molecule has 1 aliphatic rings. The van der Waals surface area contributed by atoms with Gasteiger partial charge in [-0.1, -0.05) is 36.9 Å². The minimum absolute atomic E-state index is 0.0571. The Balaban J connectivity index is 1.40. The highest BCUT2D eigenvalue weighted by Crippen LogP contribution is 2.27. The number of rotatable bonds is 11. The van der Waals surface area contributed by atoms with Crippen LogP contribution in [-0.2, 0) is 30.2 Å². The van der Waals surface area contributed by atoms with Crippen molar-refractivity contribution in [3.63, 3.8) is 0 Å². The summed E-state index contributed by atoms with van der Waals surface area (Å²) >= 11 is 0. The van der Waals surface area contributed by atoms with Crippen molar-refractivity contribution in [3.8, 4) is 23.0 Å². The van der Waals surface area contributed by atoms with Gasteiger partial charge < -0.3 is 23.7 Å². The van der Waals surface area contributed by atoms with E-state index in [-0.39, 0.29) is 36.0 Å². The van der Waals surface area contributed by atoms with E-state index in [9.17, 15) is 9.59 Å². The lowest BCUT2D eigenvalue weighted by Crippen LogP contribution is -2.16. The molecule has 3 aromatic carbocycles. The van der Waals surface area contributed by atoms with Gasteiger partial charge in [0.05, 0.1) is 12.2 Å². The number of carbonyl (C=O) groups is 2. The van der Waals surface area contributed by atoms with Crippen LogP contribution in [0.15, 0.2) is 102 Å². The van der Waals surface area contributed by atoms with Gasteiger partial charge in [-0.05, 0) is 67.9 Å². The summed E-state index contributed by atoms with van der Waals surface area (Å²) in [5.41, 5.74) is 1.27. The molecule has 1 saturated heterocycles. The molecule has 1 heterocycles. The van der Waals surface area contributed by atoms with Gasteiger partial charge in [0.1, 0.15) is 41.5 Å².